The van der Waals surface area contributed by atoms with Gasteiger partial charge in [0.2, 0.25) is 0 Å². The van der Waals surface area contributed by atoms with E-state index in [2.05, 4.69) is 4.90 Å². The van der Waals surface area contributed by atoms with E-state index in [1.54, 1.807) is 26.8 Å². The van der Waals surface area contributed by atoms with Crippen molar-refractivity contribution in [1.29, 1.82) is 0 Å². The normalized spacial score (nSPS) is 26.8. The van der Waals surface area contributed by atoms with E-state index in [1.807, 2.05) is 0 Å². The molecule has 31 heavy (non-hydrogen) atoms. The molecule has 2 heterocycles. The zero-order valence-corrected chi connectivity index (χ0v) is 19.5. The van der Waals surface area contributed by atoms with E-state index in [0.29, 0.717) is 25.3 Å². The van der Waals surface area contributed by atoms with Crippen LogP contribution in [0.5, 0.6) is 0 Å². The Morgan fingerprint density at radius 2 is 1.74 bits per heavy atom. The van der Waals surface area contributed by atoms with Crippen molar-refractivity contribution in [2.24, 2.45) is 0 Å². The predicted molar refractivity (Wildman–Crippen MR) is 115 cm³/mol. The molecule has 3 atom stereocenters. The van der Waals surface area contributed by atoms with Gasteiger partial charge >= 0.3 is 5.97 Å². The zero-order chi connectivity index (χ0) is 22.6. The lowest BCUT2D eigenvalue weighted by molar-refractivity contribution is 0.00641. The van der Waals surface area contributed by atoms with Gasteiger partial charge in [0.15, 0.2) is 0 Å². The maximum atomic E-state index is 14.9. The zero-order valence-electron chi connectivity index (χ0n) is 18.7. The highest BCUT2D eigenvalue weighted by atomic mass is 32.2. The molecule has 4 rings (SSSR count). The van der Waals surface area contributed by atoms with Crippen molar-refractivity contribution in [2.45, 2.75) is 95.5 Å². The van der Waals surface area contributed by atoms with Crippen molar-refractivity contribution in [2.75, 3.05) is 6.26 Å². The largest absolute Gasteiger partial charge is 0.456 e. The highest BCUT2D eigenvalue weighted by Gasteiger charge is 2.42. The number of hydrogen-bond donors (Lipinski definition) is 0. The molecule has 8 heteroatoms. The number of carbonyl (C=O) groups excluding carboxylic acids is 1. The molecular formula is C23H32FNO5S. The van der Waals surface area contributed by atoms with Crippen LogP contribution in [0, 0.1) is 5.82 Å². The highest BCUT2D eigenvalue weighted by molar-refractivity contribution is 7.86. The van der Waals surface area contributed by atoms with Crippen LogP contribution in [0.2, 0.25) is 0 Å². The Bertz CT molecular complexity index is 953. The number of ether oxygens (including phenoxy) is 1. The van der Waals surface area contributed by atoms with Crippen molar-refractivity contribution in [3.05, 3.63) is 34.6 Å². The minimum atomic E-state index is -3.47. The molecule has 3 aliphatic rings. The van der Waals surface area contributed by atoms with Crippen molar-refractivity contribution in [1.82, 2.24) is 4.90 Å². The molecule has 0 unspecified atom stereocenters. The van der Waals surface area contributed by atoms with Crippen LogP contribution in [-0.2, 0) is 25.6 Å². The van der Waals surface area contributed by atoms with Gasteiger partial charge in [-0.05, 0) is 88.5 Å². The summed E-state index contributed by atoms with van der Waals surface area (Å²) in [5.74, 6) is -0.811. The Balaban J connectivity index is 1.54. The summed E-state index contributed by atoms with van der Waals surface area (Å²) in [6.07, 6.45) is 6.22. The van der Waals surface area contributed by atoms with Gasteiger partial charge in [-0.3, -0.25) is 9.08 Å². The van der Waals surface area contributed by atoms with Crippen LogP contribution >= 0.6 is 0 Å². The Morgan fingerprint density at radius 3 is 2.26 bits per heavy atom. The summed E-state index contributed by atoms with van der Waals surface area (Å²) in [5, 5.41) is 0. The summed E-state index contributed by atoms with van der Waals surface area (Å²) >= 11 is 0. The third kappa shape index (κ3) is 5.46. The second kappa shape index (κ2) is 8.12. The van der Waals surface area contributed by atoms with Crippen LogP contribution < -0.4 is 0 Å². The third-order valence-electron chi connectivity index (χ3n) is 6.37. The molecule has 6 nitrogen and oxygen atoms in total. The molecule has 0 radical (unpaired) electrons. The SMILES string of the molecule is CC(C)(C)OC(=O)c1cc(C2CC2)c(CN2[C@@H]3CC[C@H]2C[C@@H](OS(C)(=O)=O)C3)cc1F. The number of carbonyl (C=O) groups is 1. The Labute approximate surface area is 184 Å². The Kier molecular flexibility index (Phi) is 5.94. The molecular weight excluding hydrogens is 421 g/mol. The summed E-state index contributed by atoms with van der Waals surface area (Å²) in [7, 11) is -3.47. The first-order valence-electron chi connectivity index (χ1n) is 11.1. The number of benzene rings is 1. The van der Waals surface area contributed by atoms with Crippen LogP contribution in [0.25, 0.3) is 0 Å². The Hall–Kier alpha value is -1.51. The molecule has 2 aliphatic heterocycles. The lowest BCUT2D eigenvalue weighted by Crippen LogP contribution is -2.45. The van der Waals surface area contributed by atoms with Gasteiger partial charge in [0.05, 0.1) is 17.9 Å². The van der Waals surface area contributed by atoms with Gasteiger partial charge in [-0.15, -0.1) is 0 Å². The van der Waals surface area contributed by atoms with E-state index in [9.17, 15) is 17.6 Å². The maximum absolute atomic E-state index is 14.9. The molecule has 1 aliphatic carbocycles. The average Bonchev–Trinajstić information content (AvgIpc) is 3.40. The molecule has 1 aromatic carbocycles. The smallest absolute Gasteiger partial charge is 0.341 e. The lowest BCUT2D eigenvalue weighted by atomic mass is 9.95. The third-order valence-corrected chi connectivity index (χ3v) is 6.99. The highest BCUT2D eigenvalue weighted by Crippen LogP contribution is 2.44. The monoisotopic (exact) mass is 453 g/mol. The van der Waals surface area contributed by atoms with Crippen molar-refractivity contribution in [3.8, 4) is 0 Å². The second-order valence-electron chi connectivity index (χ2n) is 10.3. The van der Waals surface area contributed by atoms with E-state index < -0.39 is 27.5 Å². The molecule has 3 fully saturated rings. The molecule has 2 saturated heterocycles. The quantitative estimate of drug-likeness (QED) is 0.476. The van der Waals surface area contributed by atoms with Gasteiger partial charge in [0, 0.05) is 18.6 Å². The van der Waals surface area contributed by atoms with Gasteiger partial charge < -0.3 is 4.74 Å². The molecule has 0 N–H and O–H groups in total. The van der Waals surface area contributed by atoms with Gasteiger partial charge in [0.25, 0.3) is 10.1 Å². The van der Waals surface area contributed by atoms with Gasteiger partial charge in [-0.2, -0.15) is 8.42 Å². The minimum Gasteiger partial charge on any atom is -0.456 e. The number of piperidine rings is 1. The Morgan fingerprint density at radius 1 is 1.13 bits per heavy atom. The van der Waals surface area contributed by atoms with Crippen LogP contribution in [0.15, 0.2) is 12.1 Å². The number of halogens is 1. The van der Waals surface area contributed by atoms with Crippen LogP contribution in [0.3, 0.4) is 0 Å². The molecule has 0 aromatic heterocycles. The summed E-state index contributed by atoms with van der Waals surface area (Å²) in [5.41, 5.74) is 1.28. The summed E-state index contributed by atoms with van der Waals surface area (Å²) in [4.78, 5) is 14.9. The number of esters is 1. The van der Waals surface area contributed by atoms with Crippen molar-refractivity contribution >= 4 is 16.1 Å². The van der Waals surface area contributed by atoms with Gasteiger partial charge in [-0.1, -0.05) is 0 Å². The van der Waals surface area contributed by atoms with E-state index >= 15 is 0 Å². The van der Waals surface area contributed by atoms with Gasteiger partial charge in [0.1, 0.15) is 11.4 Å². The first-order chi connectivity index (χ1) is 14.4. The maximum Gasteiger partial charge on any atom is 0.341 e. The molecule has 1 aromatic rings. The fraction of sp³-hybridized carbons (Fsp3) is 0.696. The van der Waals surface area contributed by atoms with Gasteiger partial charge in [-0.25, -0.2) is 9.18 Å². The van der Waals surface area contributed by atoms with E-state index in [4.69, 9.17) is 8.92 Å². The number of fused-ring (bicyclic) bond motifs is 2. The van der Waals surface area contributed by atoms with Crippen LogP contribution in [0.4, 0.5) is 4.39 Å². The summed E-state index contributed by atoms with van der Waals surface area (Å²) in [6.45, 7) is 5.92. The minimum absolute atomic E-state index is 0.00353. The van der Waals surface area contributed by atoms with Crippen molar-refractivity contribution < 1.29 is 26.5 Å². The predicted octanol–water partition coefficient (Wildman–Crippen LogP) is 4.13. The second-order valence-corrected chi connectivity index (χ2v) is 11.9. The van der Waals surface area contributed by atoms with E-state index in [0.717, 1.165) is 43.1 Å². The average molecular weight is 454 g/mol. The first-order valence-corrected chi connectivity index (χ1v) is 12.9. The fourth-order valence-corrected chi connectivity index (χ4v) is 5.69. The van der Waals surface area contributed by atoms with Crippen LogP contribution in [0.1, 0.15) is 86.7 Å². The standard InChI is InChI=1S/C23H32FNO5S/c1-23(2,3)29-22(26)20-12-19(14-5-6-14)15(9-21(20)24)13-25-16-7-8-17(25)11-18(10-16)30-31(4,27)28/h9,12,14,16-18H,5-8,10-11,13H2,1-4H3/t16-,17+,18+. The number of hydrogen-bond acceptors (Lipinski definition) is 6. The summed E-state index contributed by atoms with van der Waals surface area (Å²) in [6, 6.07) is 3.65. The van der Waals surface area contributed by atoms with E-state index in [-0.39, 0.29) is 23.8 Å². The molecule has 2 bridgehead atoms. The number of nitrogens with zero attached hydrogens (tertiary/aromatic N) is 1. The first kappa shape index (κ1) is 22.7. The van der Waals surface area contributed by atoms with Crippen LogP contribution in [-0.4, -0.2) is 49.3 Å². The molecule has 0 amide bonds. The molecule has 1 saturated carbocycles. The molecule has 0 spiro atoms. The number of rotatable bonds is 6. The van der Waals surface area contributed by atoms with Crippen molar-refractivity contribution in [3.63, 3.8) is 0 Å². The lowest BCUT2D eigenvalue weighted by Gasteiger charge is -2.38. The summed E-state index contributed by atoms with van der Waals surface area (Å²) < 4.78 is 48.7. The fourth-order valence-electron chi connectivity index (χ4n) is 5.04. The van der Waals surface area contributed by atoms with E-state index in [1.165, 1.54) is 6.07 Å². The molecule has 172 valence electrons. The topological polar surface area (TPSA) is 72.9 Å².